The van der Waals surface area contributed by atoms with Crippen molar-refractivity contribution in [2.45, 2.75) is 42.4 Å². The van der Waals surface area contributed by atoms with E-state index in [-0.39, 0.29) is 22.0 Å². The topological polar surface area (TPSA) is 71.5 Å². The van der Waals surface area contributed by atoms with E-state index in [2.05, 4.69) is 0 Å². The molecule has 2 aliphatic rings. The average Bonchev–Trinajstić information content (AvgIpc) is 2.87. The largest absolute Gasteiger partial charge is 0.298 e. The number of aryl methyl sites for hydroxylation is 1. The van der Waals surface area contributed by atoms with Gasteiger partial charge in [-0.3, -0.25) is 4.90 Å². The average molecular weight is 375 g/mol. The molecular formula is C16H22FNO4S2. The molecule has 0 unspecified atom stereocenters. The summed E-state index contributed by atoms with van der Waals surface area (Å²) in [7, 11) is -7.23. The van der Waals surface area contributed by atoms with Gasteiger partial charge in [-0.1, -0.05) is 6.42 Å². The highest BCUT2D eigenvalue weighted by Gasteiger charge is 2.48. The lowest BCUT2D eigenvalue weighted by molar-refractivity contribution is 0.178. The van der Waals surface area contributed by atoms with Crippen molar-refractivity contribution in [1.29, 1.82) is 0 Å². The van der Waals surface area contributed by atoms with Crippen molar-refractivity contribution < 1.29 is 21.2 Å². The van der Waals surface area contributed by atoms with E-state index in [1.807, 2.05) is 4.90 Å². The van der Waals surface area contributed by atoms with Crippen molar-refractivity contribution in [3.05, 3.63) is 29.6 Å². The maximum Gasteiger partial charge on any atom is 0.183 e. The molecule has 1 aromatic rings. The first-order valence-electron chi connectivity index (χ1n) is 8.15. The number of hydrogen-bond acceptors (Lipinski definition) is 5. The standard InChI is InChI=1S/C16H22FNO4S2/c1-12-9-13(5-6-14(12)17)24(21,22)16-11-23(19,20)10-15(16)18-7-3-2-4-8-18/h5-6,9,15-16H,2-4,7-8,10-11H2,1H3/t15-,16-/m1/s1. The van der Waals surface area contributed by atoms with E-state index >= 15 is 0 Å². The fourth-order valence-corrected chi connectivity index (χ4v) is 8.57. The highest BCUT2D eigenvalue weighted by atomic mass is 32.2. The Bertz CT molecular complexity index is 830. The van der Waals surface area contributed by atoms with Gasteiger partial charge in [-0.05, 0) is 56.6 Å². The van der Waals surface area contributed by atoms with Crippen LogP contribution >= 0.6 is 0 Å². The molecule has 0 aliphatic carbocycles. The van der Waals surface area contributed by atoms with Crippen molar-refractivity contribution in [2.24, 2.45) is 0 Å². The van der Waals surface area contributed by atoms with E-state index in [0.717, 1.165) is 38.4 Å². The summed E-state index contributed by atoms with van der Waals surface area (Å²) < 4.78 is 63.8. The summed E-state index contributed by atoms with van der Waals surface area (Å²) in [5.41, 5.74) is 0.242. The Morgan fingerprint density at radius 1 is 1.12 bits per heavy atom. The van der Waals surface area contributed by atoms with Gasteiger partial charge in [-0.15, -0.1) is 0 Å². The van der Waals surface area contributed by atoms with Crippen LogP contribution in [-0.2, 0) is 19.7 Å². The molecule has 1 aromatic carbocycles. The minimum absolute atomic E-state index is 0.00510. The zero-order chi connectivity index (χ0) is 17.5. The summed E-state index contributed by atoms with van der Waals surface area (Å²) in [5, 5.41) is -0.981. The molecule has 0 N–H and O–H groups in total. The smallest absolute Gasteiger partial charge is 0.183 e. The fourth-order valence-electron chi connectivity index (χ4n) is 3.65. The van der Waals surface area contributed by atoms with Crippen LogP contribution < -0.4 is 0 Å². The van der Waals surface area contributed by atoms with Crippen LogP contribution in [0.4, 0.5) is 4.39 Å². The van der Waals surface area contributed by atoms with Gasteiger partial charge in [0, 0.05) is 6.04 Å². The molecular weight excluding hydrogens is 353 g/mol. The minimum atomic E-state index is -3.84. The van der Waals surface area contributed by atoms with Crippen LogP contribution in [0.5, 0.6) is 0 Å². The zero-order valence-electron chi connectivity index (χ0n) is 13.6. The molecule has 0 spiro atoms. The molecule has 5 nitrogen and oxygen atoms in total. The van der Waals surface area contributed by atoms with Crippen LogP contribution in [0.3, 0.4) is 0 Å². The summed E-state index contributed by atoms with van der Waals surface area (Å²) in [6.45, 7) is 2.96. The third kappa shape index (κ3) is 3.36. The number of hydrogen-bond donors (Lipinski definition) is 0. The van der Waals surface area contributed by atoms with Gasteiger partial charge in [0.05, 0.1) is 21.7 Å². The van der Waals surface area contributed by atoms with Gasteiger partial charge in [0.1, 0.15) is 5.82 Å². The Morgan fingerprint density at radius 3 is 2.42 bits per heavy atom. The van der Waals surface area contributed by atoms with Gasteiger partial charge in [0.15, 0.2) is 19.7 Å². The lowest BCUT2D eigenvalue weighted by Crippen LogP contribution is -2.48. The van der Waals surface area contributed by atoms with Crippen LogP contribution in [0.1, 0.15) is 24.8 Å². The number of benzene rings is 1. The lowest BCUT2D eigenvalue weighted by atomic mass is 10.1. The van der Waals surface area contributed by atoms with Crippen molar-refractivity contribution in [2.75, 3.05) is 24.6 Å². The predicted octanol–water partition coefficient (Wildman–Crippen LogP) is 1.56. The first-order chi connectivity index (χ1) is 11.2. The van der Waals surface area contributed by atoms with Crippen LogP contribution in [0, 0.1) is 12.7 Å². The van der Waals surface area contributed by atoms with Crippen molar-refractivity contribution >= 4 is 19.7 Å². The Morgan fingerprint density at radius 2 is 1.79 bits per heavy atom. The number of halogens is 1. The second-order valence-electron chi connectivity index (χ2n) is 6.74. The zero-order valence-corrected chi connectivity index (χ0v) is 15.2. The molecule has 0 aromatic heterocycles. The SMILES string of the molecule is Cc1cc(S(=O)(=O)[C@@H]2CS(=O)(=O)C[C@H]2N2CCCCC2)ccc1F. The molecule has 0 radical (unpaired) electrons. The number of rotatable bonds is 3. The van der Waals surface area contributed by atoms with Crippen molar-refractivity contribution in [3.63, 3.8) is 0 Å². The van der Waals surface area contributed by atoms with Gasteiger partial charge in [-0.2, -0.15) is 0 Å². The summed E-state index contributed by atoms with van der Waals surface area (Å²) in [5.74, 6) is -0.940. The molecule has 2 aliphatic heterocycles. The summed E-state index contributed by atoms with van der Waals surface area (Å²) in [6, 6.07) is 3.14. The van der Waals surface area contributed by atoms with Crippen LogP contribution in [0.25, 0.3) is 0 Å². The Kier molecular flexibility index (Phi) is 4.74. The molecule has 0 saturated carbocycles. The molecule has 134 valence electrons. The molecule has 8 heteroatoms. The second kappa shape index (κ2) is 6.38. The normalized spacial score (nSPS) is 28.1. The molecule has 3 rings (SSSR count). The minimum Gasteiger partial charge on any atom is -0.298 e. The quantitative estimate of drug-likeness (QED) is 0.750. The monoisotopic (exact) mass is 375 g/mol. The van der Waals surface area contributed by atoms with E-state index in [1.54, 1.807) is 0 Å². The van der Waals surface area contributed by atoms with Crippen LogP contribution in [0.2, 0.25) is 0 Å². The van der Waals surface area contributed by atoms with E-state index in [4.69, 9.17) is 0 Å². The molecule has 2 saturated heterocycles. The molecule has 2 atom stereocenters. The van der Waals surface area contributed by atoms with Gasteiger partial charge in [-0.25, -0.2) is 21.2 Å². The molecule has 0 amide bonds. The third-order valence-electron chi connectivity index (χ3n) is 4.99. The van der Waals surface area contributed by atoms with E-state index in [1.165, 1.54) is 19.1 Å². The predicted molar refractivity (Wildman–Crippen MR) is 90.0 cm³/mol. The fraction of sp³-hybridized carbons (Fsp3) is 0.625. The lowest BCUT2D eigenvalue weighted by Gasteiger charge is -2.34. The molecule has 24 heavy (non-hydrogen) atoms. The van der Waals surface area contributed by atoms with E-state index in [9.17, 15) is 21.2 Å². The first kappa shape index (κ1) is 17.8. The Balaban J connectivity index is 1.98. The van der Waals surface area contributed by atoms with Gasteiger partial charge >= 0.3 is 0 Å². The van der Waals surface area contributed by atoms with Crippen LogP contribution in [0.15, 0.2) is 23.1 Å². The van der Waals surface area contributed by atoms with Gasteiger partial charge in [0.2, 0.25) is 0 Å². The summed E-state index contributed by atoms with van der Waals surface area (Å²) in [6.07, 6.45) is 3.00. The second-order valence-corrected chi connectivity index (χ2v) is 11.1. The number of sulfone groups is 2. The van der Waals surface area contributed by atoms with Crippen molar-refractivity contribution in [3.8, 4) is 0 Å². The number of nitrogens with zero attached hydrogens (tertiary/aromatic N) is 1. The summed E-state index contributed by atoms with van der Waals surface area (Å²) in [4.78, 5) is 2.01. The highest BCUT2D eigenvalue weighted by Crippen LogP contribution is 2.31. The number of likely N-dealkylation sites (tertiary alicyclic amines) is 1. The van der Waals surface area contributed by atoms with E-state index < -0.39 is 36.8 Å². The van der Waals surface area contributed by atoms with E-state index in [0.29, 0.717) is 0 Å². The molecule has 0 bridgehead atoms. The first-order valence-corrected chi connectivity index (χ1v) is 11.5. The van der Waals surface area contributed by atoms with Crippen molar-refractivity contribution in [1.82, 2.24) is 4.90 Å². The van der Waals surface area contributed by atoms with Crippen LogP contribution in [-0.4, -0.2) is 57.6 Å². The van der Waals surface area contributed by atoms with Gasteiger partial charge in [0.25, 0.3) is 0 Å². The molecule has 2 heterocycles. The Hall–Kier alpha value is -0.990. The highest BCUT2D eigenvalue weighted by molar-refractivity contribution is 7.96. The van der Waals surface area contributed by atoms with Gasteiger partial charge < -0.3 is 0 Å². The summed E-state index contributed by atoms with van der Waals surface area (Å²) >= 11 is 0. The Labute approximate surface area is 142 Å². The maximum atomic E-state index is 13.5. The third-order valence-corrected chi connectivity index (χ3v) is 9.10. The maximum absolute atomic E-state index is 13.5. The molecule has 2 fully saturated rings. The number of piperidine rings is 1.